The summed E-state index contributed by atoms with van der Waals surface area (Å²) in [6.07, 6.45) is 0. The van der Waals surface area contributed by atoms with Crippen molar-refractivity contribution in [1.29, 1.82) is 0 Å². The Morgan fingerprint density at radius 1 is 1.64 bits per heavy atom. The van der Waals surface area contributed by atoms with Gasteiger partial charge in [-0.2, -0.15) is 0 Å². The topological polar surface area (TPSA) is 29.5 Å². The Hall–Kier alpha value is -0.870. The number of hydrogen-bond donors (Lipinski definition) is 0. The van der Waals surface area contributed by atoms with E-state index >= 15 is 0 Å². The van der Waals surface area contributed by atoms with Crippen molar-refractivity contribution in [3.05, 3.63) is 22.4 Å². The second-order valence-electron chi connectivity index (χ2n) is 3.13. The van der Waals surface area contributed by atoms with E-state index in [0.717, 1.165) is 4.88 Å². The number of likely N-dealkylation sites (N-methyl/N-ethyl adjacent to an activating group) is 1. The first kappa shape index (κ1) is 11.2. The Labute approximate surface area is 88.3 Å². The molecule has 14 heavy (non-hydrogen) atoms. The highest BCUT2D eigenvalue weighted by atomic mass is 32.1. The van der Waals surface area contributed by atoms with E-state index in [9.17, 15) is 4.79 Å². The molecular weight excluding hydrogens is 198 g/mol. The van der Waals surface area contributed by atoms with Crippen molar-refractivity contribution < 1.29 is 9.53 Å². The summed E-state index contributed by atoms with van der Waals surface area (Å²) in [7, 11) is 3.75. The van der Waals surface area contributed by atoms with Gasteiger partial charge in [0.15, 0.2) is 0 Å². The summed E-state index contributed by atoms with van der Waals surface area (Å²) in [5.74, 6) is -0.181. The van der Waals surface area contributed by atoms with Crippen molar-refractivity contribution in [2.45, 2.75) is 13.0 Å². The van der Waals surface area contributed by atoms with Crippen LogP contribution in [-0.2, 0) is 9.53 Å². The molecule has 1 heterocycles. The lowest BCUT2D eigenvalue weighted by Crippen LogP contribution is -2.28. The third-order valence-electron chi connectivity index (χ3n) is 1.84. The van der Waals surface area contributed by atoms with Crippen molar-refractivity contribution >= 4 is 17.3 Å². The summed E-state index contributed by atoms with van der Waals surface area (Å²) < 4.78 is 5.02. The molecule has 0 N–H and O–H groups in total. The number of thiophene rings is 1. The number of carbonyl (C=O) groups is 1. The fraction of sp³-hybridized carbons (Fsp3) is 0.500. The van der Waals surface area contributed by atoms with Gasteiger partial charge < -0.3 is 4.74 Å². The van der Waals surface area contributed by atoms with E-state index in [1.165, 1.54) is 0 Å². The molecule has 1 atom stereocenters. The Morgan fingerprint density at radius 3 is 2.79 bits per heavy atom. The molecule has 1 rings (SSSR count). The van der Waals surface area contributed by atoms with Gasteiger partial charge in [-0.25, -0.2) is 4.79 Å². The number of esters is 1. The van der Waals surface area contributed by atoms with Crippen LogP contribution in [0.5, 0.6) is 0 Å². The van der Waals surface area contributed by atoms with Crippen molar-refractivity contribution in [1.82, 2.24) is 4.90 Å². The van der Waals surface area contributed by atoms with Gasteiger partial charge in [0, 0.05) is 4.88 Å². The predicted octanol–water partition coefficient (Wildman–Crippen LogP) is 1.91. The van der Waals surface area contributed by atoms with Crippen LogP contribution in [0.1, 0.15) is 17.8 Å². The molecule has 0 aliphatic heterocycles. The van der Waals surface area contributed by atoms with Gasteiger partial charge in [-0.15, -0.1) is 11.3 Å². The molecule has 78 valence electrons. The van der Waals surface area contributed by atoms with E-state index < -0.39 is 0 Å². The quantitative estimate of drug-likeness (QED) is 0.716. The molecule has 0 aromatic carbocycles. The monoisotopic (exact) mass is 213 g/mol. The molecule has 1 aromatic heterocycles. The average molecular weight is 213 g/mol. The van der Waals surface area contributed by atoms with E-state index in [0.29, 0.717) is 6.61 Å². The molecule has 0 amide bonds. The number of ether oxygens (including phenoxy) is 1. The molecule has 0 radical (unpaired) electrons. The first-order valence-electron chi connectivity index (χ1n) is 4.53. The lowest BCUT2D eigenvalue weighted by molar-refractivity contribution is -0.148. The summed E-state index contributed by atoms with van der Waals surface area (Å²) >= 11 is 1.57. The van der Waals surface area contributed by atoms with Crippen molar-refractivity contribution in [3.63, 3.8) is 0 Å². The average Bonchev–Trinajstić information content (AvgIpc) is 2.57. The van der Waals surface area contributed by atoms with Gasteiger partial charge in [0.25, 0.3) is 0 Å². The molecule has 4 heteroatoms. The van der Waals surface area contributed by atoms with E-state index in [1.807, 2.05) is 43.4 Å². The van der Waals surface area contributed by atoms with Crippen molar-refractivity contribution in [2.75, 3.05) is 20.7 Å². The first-order valence-corrected chi connectivity index (χ1v) is 5.41. The van der Waals surface area contributed by atoms with Crippen LogP contribution in [0.4, 0.5) is 0 Å². The summed E-state index contributed by atoms with van der Waals surface area (Å²) in [6, 6.07) is 3.62. The zero-order chi connectivity index (χ0) is 10.6. The van der Waals surface area contributed by atoms with Gasteiger partial charge in [0.2, 0.25) is 0 Å². The number of nitrogens with zero attached hydrogens (tertiary/aromatic N) is 1. The third-order valence-corrected chi connectivity index (χ3v) is 2.76. The highest BCUT2D eigenvalue weighted by Gasteiger charge is 2.24. The van der Waals surface area contributed by atoms with Gasteiger partial charge in [-0.3, -0.25) is 4.90 Å². The molecule has 0 saturated carbocycles. The normalized spacial score (nSPS) is 12.9. The SMILES string of the molecule is CCOC(=O)C(c1cccs1)N(C)C. The molecule has 3 nitrogen and oxygen atoms in total. The Morgan fingerprint density at radius 2 is 2.36 bits per heavy atom. The Kier molecular flexibility index (Phi) is 4.10. The maximum atomic E-state index is 11.6. The maximum Gasteiger partial charge on any atom is 0.328 e. The molecule has 0 spiro atoms. The van der Waals surface area contributed by atoms with E-state index in [-0.39, 0.29) is 12.0 Å². The number of hydrogen-bond acceptors (Lipinski definition) is 4. The van der Waals surface area contributed by atoms with Gasteiger partial charge in [0.05, 0.1) is 6.61 Å². The van der Waals surface area contributed by atoms with Gasteiger partial charge in [-0.05, 0) is 32.5 Å². The van der Waals surface area contributed by atoms with Gasteiger partial charge in [0.1, 0.15) is 6.04 Å². The standard InChI is InChI=1S/C10H15NO2S/c1-4-13-10(12)9(11(2)3)8-6-5-7-14-8/h5-7,9H,4H2,1-3H3. The molecule has 0 fully saturated rings. The smallest absolute Gasteiger partial charge is 0.328 e. The van der Waals surface area contributed by atoms with Gasteiger partial charge in [-0.1, -0.05) is 6.07 Å². The molecular formula is C10H15NO2S. The Balaban J connectivity index is 2.80. The summed E-state index contributed by atoms with van der Waals surface area (Å²) in [4.78, 5) is 14.5. The summed E-state index contributed by atoms with van der Waals surface area (Å²) in [6.45, 7) is 2.24. The lowest BCUT2D eigenvalue weighted by atomic mass is 10.2. The fourth-order valence-corrected chi connectivity index (χ4v) is 2.16. The van der Waals surface area contributed by atoms with E-state index in [2.05, 4.69) is 0 Å². The molecule has 0 aliphatic rings. The molecule has 0 bridgehead atoms. The summed E-state index contributed by atoms with van der Waals surface area (Å²) in [5.41, 5.74) is 0. The first-order chi connectivity index (χ1) is 6.66. The minimum atomic E-state index is -0.269. The van der Waals surface area contributed by atoms with Crippen LogP contribution in [0.15, 0.2) is 17.5 Å². The van der Waals surface area contributed by atoms with Crippen LogP contribution in [0, 0.1) is 0 Å². The van der Waals surface area contributed by atoms with Crippen molar-refractivity contribution in [3.8, 4) is 0 Å². The van der Waals surface area contributed by atoms with Crippen LogP contribution in [0.25, 0.3) is 0 Å². The van der Waals surface area contributed by atoms with Crippen LogP contribution in [0.2, 0.25) is 0 Å². The highest BCUT2D eigenvalue weighted by molar-refractivity contribution is 7.10. The second-order valence-corrected chi connectivity index (χ2v) is 4.11. The minimum Gasteiger partial charge on any atom is -0.465 e. The molecule has 1 unspecified atom stereocenters. The maximum absolute atomic E-state index is 11.6. The van der Waals surface area contributed by atoms with Gasteiger partial charge >= 0.3 is 5.97 Å². The molecule has 0 aliphatic carbocycles. The largest absolute Gasteiger partial charge is 0.465 e. The molecule has 1 aromatic rings. The van der Waals surface area contributed by atoms with Crippen LogP contribution < -0.4 is 0 Å². The highest BCUT2D eigenvalue weighted by Crippen LogP contribution is 2.24. The zero-order valence-corrected chi connectivity index (χ0v) is 9.50. The Bertz CT molecular complexity index is 282. The minimum absolute atomic E-state index is 0.181. The predicted molar refractivity (Wildman–Crippen MR) is 57.4 cm³/mol. The van der Waals surface area contributed by atoms with E-state index in [4.69, 9.17) is 4.74 Å². The number of rotatable bonds is 4. The lowest BCUT2D eigenvalue weighted by Gasteiger charge is -2.20. The van der Waals surface area contributed by atoms with E-state index in [1.54, 1.807) is 11.3 Å². The number of carbonyl (C=O) groups excluding carboxylic acids is 1. The fourth-order valence-electron chi connectivity index (χ4n) is 1.25. The third kappa shape index (κ3) is 2.56. The van der Waals surface area contributed by atoms with Crippen LogP contribution in [0.3, 0.4) is 0 Å². The van der Waals surface area contributed by atoms with Crippen molar-refractivity contribution in [2.24, 2.45) is 0 Å². The van der Waals surface area contributed by atoms with Crippen LogP contribution >= 0.6 is 11.3 Å². The summed E-state index contributed by atoms with van der Waals surface area (Å²) in [5, 5.41) is 1.96. The molecule has 0 saturated heterocycles. The second kappa shape index (κ2) is 5.12. The van der Waals surface area contributed by atoms with Crippen LogP contribution in [-0.4, -0.2) is 31.6 Å². The zero-order valence-electron chi connectivity index (χ0n) is 8.69.